The van der Waals surface area contributed by atoms with E-state index >= 15 is 0 Å². The predicted molar refractivity (Wildman–Crippen MR) is 114 cm³/mol. The number of carbonyl (C=O) groups excluding carboxylic acids is 1. The van der Waals surface area contributed by atoms with Crippen molar-refractivity contribution in [1.29, 1.82) is 0 Å². The fourth-order valence-electron chi connectivity index (χ4n) is 3.08. The van der Waals surface area contributed by atoms with Crippen molar-refractivity contribution in [2.45, 2.75) is 6.92 Å². The average Bonchev–Trinajstić information content (AvgIpc) is 2.67. The second-order valence-corrected chi connectivity index (χ2v) is 7.73. The maximum absolute atomic E-state index is 12.4. The van der Waals surface area contributed by atoms with Crippen molar-refractivity contribution in [2.24, 2.45) is 0 Å². The van der Waals surface area contributed by atoms with E-state index in [-0.39, 0.29) is 12.5 Å². The summed E-state index contributed by atoms with van der Waals surface area (Å²) >= 11 is 9.55. The number of benzene rings is 2. The van der Waals surface area contributed by atoms with Gasteiger partial charge in [-0.25, -0.2) is 0 Å². The van der Waals surface area contributed by atoms with Crippen LogP contribution in [0.5, 0.6) is 5.75 Å². The van der Waals surface area contributed by atoms with Crippen LogP contribution in [0.15, 0.2) is 46.9 Å². The fourth-order valence-corrected chi connectivity index (χ4v) is 3.63. The summed E-state index contributed by atoms with van der Waals surface area (Å²) in [7, 11) is 0. The molecule has 2 aromatic carbocycles. The van der Waals surface area contributed by atoms with Crippen LogP contribution >= 0.6 is 27.5 Å². The van der Waals surface area contributed by atoms with Gasteiger partial charge in [-0.1, -0.05) is 40.5 Å². The highest BCUT2D eigenvalue weighted by Crippen LogP contribution is 2.30. The number of carbonyl (C=O) groups is 1. The lowest BCUT2D eigenvalue weighted by atomic mass is 10.2. The lowest BCUT2D eigenvalue weighted by Gasteiger charge is -2.36. The number of amides is 1. The van der Waals surface area contributed by atoms with E-state index in [9.17, 15) is 4.79 Å². The lowest BCUT2D eigenvalue weighted by molar-refractivity contribution is -0.118. The predicted octanol–water partition coefficient (Wildman–Crippen LogP) is 4.26. The van der Waals surface area contributed by atoms with Crippen molar-refractivity contribution < 1.29 is 9.53 Å². The maximum atomic E-state index is 12.4. The molecule has 1 amide bonds. The molecule has 0 aromatic heterocycles. The van der Waals surface area contributed by atoms with E-state index < -0.39 is 0 Å². The van der Waals surface area contributed by atoms with Crippen molar-refractivity contribution in [3.8, 4) is 5.75 Å². The Bertz CT molecular complexity index is 795. The molecule has 5 nitrogen and oxygen atoms in total. The average molecular weight is 453 g/mol. The summed E-state index contributed by atoms with van der Waals surface area (Å²) in [6, 6.07) is 13.0. The van der Waals surface area contributed by atoms with Crippen LogP contribution < -0.4 is 15.0 Å². The summed E-state index contributed by atoms with van der Waals surface area (Å²) < 4.78 is 6.48. The van der Waals surface area contributed by atoms with Crippen LogP contribution in [0, 0.1) is 0 Å². The molecule has 0 atom stereocenters. The summed E-state index contributed by atoms with van der Waals surface area (Å²) in [5.41, 5.74) is 1.71. The number of likely N-dealkylation sites (N-methyl/N-ethyl adjacent to an activating group) is 1. The molecule has 3 rings (SSSR count). The molecule has 1 heterocycles. The quantitative estimate of drug-likeness (QED) is 0.711. The number of ether oxygens (including phenoxy) is 1. The third-order valence-electron chi connectivity index (χ3n) is 4.56. The van der Waals surface area contributed by atoms with Crippen LogP contribution in [0.3, 0.4) is 0 Å². The number of anilines is 2. The summed E-state index contributed by atoms with van der Waals surface area (Å²) in [4.78, 5) is 17.1. The summed E-state index contributed by atoms with van der Waals surface area (Å²) in [5, 5.41) is 3.54. The number of hydrogen-bond acceptors (Lipinski definition) is 4. The molecule has 0 unspecified atom stereocenters. The van der Waals surface area contributed by atoms with E-state index in [1.807, 2.05) is 36.4 Å². The Morgan fingerprint density at radius 2 is 1.96 bits per heavy atom. The van der Waals surface area contributed by atoms with E-state index in [1.54, 1.807) is 6.07 Å². The molecule has 0 aliphatic carbocycles. The van der Waals surface area contributed by atoms with E-state index in [1.165, 1.54) is 0 Å². The van der Waals surface area contributed by atoms with Crippen LogP contribution in [0.1, 0.15) is 6.92 Å². The Hall–Kier alpha value is -1.76. The minimum absolute atomic E-state index is 0.0635. The van der Waals surface area contributed by atoms with E-state index in [2.05, 4.69) is 38.0 Å². The highest BCUT2D eigenvalue weighted by atomic mass is 79.9. The molecule has 0 bridgehead atoms. The summed E-state index contributed by atoms with van der Waals surface area (Å²) in [6.07, 6.45) is 0. The highest BCUT2D eigenvalue weighted by Gasteiger charge is 2.19. The van der Waals surface area contributed by atoms with Gasteiger partial charge in [0.1, 0.15) is 5.75 Å². The van der Waals surface area contributed by atoms with Gasteiger partial charge in [-0.3, -0.25) is 4.79 Å². The van der Waals surface area contributed by atoms with Crippen LogP contribution in [0.2, 0.25) is 5.02 Å². The summed E-state index contributed by atoms with van der Waals surface area (Å²) in [6.45, 7) is 7.04. The first kappa shape index (κ1) is 20.0. The van der Waals surface area contributed by atoms with Crippen molar-refractivity contribution in [3.05, 3.63) is 52.0 Å². The number of nitrogens with zero attached hydrogens (tertiary/aromatic N) is 2. The Kier molecular flexibility index (Phi) is 6.99. The standard InChI is InChI=1S/C20H23BrClN3O2/c1-2-24-8-10-25(11-9-24)19-7-6-16(22)13-18(19)23-20(26)14-27-17-5-3-4-15(21)12-17/h3-7,12-13H,2,8-11,14H2,1H3,(H,23,26). The van der Waals surface area contributed by atoms with Gasteiger partial charge in [0.05, 0.1) is 11.4 Å². The largest absolute Gasteiger partial charge is 0.484 e. The van der Waals surface area contributed by atoms with Crippen LogP contribution in [0.25, 0.3) is 0 Å². The first-order valence-electron chi connectivity index (χ1n) is 9.00. The van der Waals surface area contributed by atoms with Crippen molar-refractivity contribution in [3.63, 3.8) is 0 Å². The molecule has 2 aromatic rings. The second-order valence-electron chi connectivity index (χ2n) is 6.38. The van der Waals surface area contributed by atoms with Gasteiger partial charge in [0.15, 0.2) is 6.61 Å². The van der Waals surface area contributed by atoms with Gasteiger partial charge in [-0.2, -0.15) is 0 Å². The topological polar surface area (TPSA) is 44.8 Å². The third kappa shape index (κ3) is 5.61. The Morgan fingerprint density at radius 1 is 1.19 bits per heavy atom. The molecule has 0 spiro atoms. The normalized spacial score (nSPS) is 14.9. The number of rotatable bonds is 6. The molecule has 27 heavy (non-hydrogen) atoms. The van der Waals surface area contributed by atoms with Crippen molar-refractivity contribution in [1.82, 2.24) is 4.90 Å². The fraction of sp³-hybridized carbons (Fsp3) is 0.350. The van der Waals surface area contributed by atoms with Gasteiger partial charge in [-0.15, -0.1) is 0 Å². The lowest BCUT2D eigenvalue weighted by Crippen LogP contribution is -2.46. The monoisotopic (exact) mass is 451 g/mol. The van der Waals surface area contributed by atoms with Gasteiger partial charge in [0.25, 0.3) is 5.91 Å². The molecule has 0 saturated carbocycles. The number of halogens is 2. The van der Waals surface area contributed by atoms with Crippen LogP contribution in [-0.4, -0.2) is 50.1 Å². The van der Waals surface area contributed by atoms with Crippen LogP contribution in [0.4, 0.5) is 11.4 Å². The zero-order chi connectivity index (χ0) is 19.2. The van der Waals surface area contributed by atoms with E-state index in [0.29, 0.717) is 10.8 Å². The van der Waals surface area contributed by atoms with Crippen molar-refractivity contribution in [2.75, 3.05) is 49.5 Å². The van der Waals surface area contributed by atoms with E-state index in [4.69, 9.17) is 16.3 Å². The molecule has 1 aliphatic heterocycles. The molecular weight excluding hydrogens is 430 g/mol. The first-order valence-corrected chi connectivity index (χ1v) is 10.2. The number of hydrogen-bond donors (Lipinski definition) is 1. The summed E-state index contributed by atoms with van der Waals surface area (Å²) in [5.74, 6) is 0.423. The molecule has 1 N–H and O–H groups in total. The van der Waals surface area contributed by atoms with E-state index in [0.717, 1.165) is 48.6 Å². The molecule has 144 valence electrons. The SMILES string of the molecule is CCN1CCN(c2ccc(Cl)cc2NC(=O)COc2cccc(Br)c2)CC1. The Balaban J connectivity index is 1.65. The molecular formula is C20H23BrClN3O2. The molecule has 1 aliphatic rings. The minimum Gasteiger partial charge on any atom is -0.484 e. The zero-order valence-corrected chi connectivity index (χ0v) is 17.6. The highest BCUT2D eigenvalue weighted by molar-refractivity contribution is 9.10. The van der Waals surface area contributed by atoms with Gasteiger partial charge in [0.2, 0.25) is 0 Å². The first-order chi connectivity index (χ1) is 13.0. The molecule has 1 fully saturated rings. The maximum Gasteiger partial charge on any atom is 0.262 e. The number of piperazine rings is 1. The Labute approximate surface area is 173 Å². The zero-order valence-electron chi connectivity index (χ0n) is 15.3. The van der Waals surface area contributed by atoms with Gasteiger partial charge < -0.3 is 19.9 Å². The minimum atomic E-state index is -0.217. The molecule has 0 radical (unpaired) electrons. The smallest absolute Gasteiger partial charge is 0.262 e. The molecule has 1 saturated heterocycles. The van der Waals surface area contributed by atoms with Gasteiger partial charge >= 0.3 is 0 Å². The van der Waals surface area contributed by atoms with Gasteiger partial charge in [-0.05, 0) is 42.9 Å². The van der Waals surface area contributed by atoms with Crippen molar-refractivity contribution >= 4 is 44.8 Å². The Morgan fingerprint density at radius 3 is 2.67 bits per heavy atom. The van der Waals surface area contributed by atoms with Gasteiger partial charge in [0, 0.05) is 35.7 Å². The third-order valence-corrected chi connectivity index (χ3v) is 5.29. The van der Waals surface area contributed by atoms with Crippen LogP contribution in [-0.2, 0) is 4.79 Å². The molecule has 7 heteroatoms. The second kappa shape index (κ2) is 9.44. The number of nitrogens with one attached hydrogen (secondary N) is 1.